The summed E-state index contributed by atoms with van der Waals surface area (Å²) in [5, 5.41) is 3.84. The number of Topliss-reactive ketones (excluding diaryl/α,β-unsaturated/α-hetero) is 1. The van der Waals surface area contributed by atoms with Gasteiger partial charge in [-0.3, -0.25) is 9.78 Å². The number of halogens is 2. The highest BCUT2D eigenvalue weighted by atomic mass is 19.2. The average molecular weight is 460 g/mol. The summed E-state index contributed by atoms with van der Waals surface area (Å²) in [5.74, 6) is -0.544. The number of rotatable bonds is 5. The number of carbonyl (C=O) groups is 1. The van der Waals surface area contributed by atoms with E-state index in [2.05, 4.69) is 10.3 Å². The summed E-state index contributed by atoms with van der Waals surface area (Å²) in [6.45, 7) is 0. The zero-order valence-corrected chi connectivity index (χ0v) is 18.5. The van der Waals surface area contributed by atoms with Crippen LogP contribution in [0.5, 0.6) is 5.75 Å². The van der Waals surface area contributed by atoms with Crippen LogP contribution >= 0.6 is 0 Å². The van der Waals surface area contributed by atoms with E-state index < -0.39 is 11.6 Å². The van der Waals surface area contributed by atoms with Crippen molar-refractivity contribution in [1.29, 1.82) is 0 Å². The van der Waals surface area contributed by atoms with Crippen molar-refractivity contribution in [3.63, 3.8) is 0 Å². The number of hydrogen-bond acceptors (Lipinski definition) is 6. The highest BCUT2D eigenvalue weighted by Gasteiger charge is 2.25. The minimum Gasteiger partial charge on any atom is -0.494 e. The first kappa shape index (κ1) is 21.9. The zero-order chi connectivity index (χ0) is 23.7. The van der Waals surface area contributed by atoms with E-state index in [1.165, 1.54) is 19.2 Å². The topological polar surface area (TPSA) is 77.0 Å². The molecule has 8 heteroatoms. The molecule has 2 aromatic heterocycles. The van der Waals surface area contributed by atoms with Crippen LogP contribution in [-0.4, -0.2) is 33.9 Å². The molecule has 2 heterocycles. The van der Waals surface area contributed by atoms with Crippen LogP contribution in [0.15, 0.2) is 54.9 Å². The smallest absolute Gasteiger partial charge is 0.166 e. The van der Waals surface area contributed by atoms with E-state index in [-0.39, 0.29) is 17.4 Å². The molecule has 0 amide bonds. The lowest BCUT2D eigenvalue weighted by atomic mass is 9.94. The quantitative estimate of drug-likeness (QED) is 0.420. The fourth-order valence-electron chi connectivity index (χ4n) is 4.27. The van der Waals surface area contributed by atoms with E-state index >= 15 is 0 Å². The van der Waals surface area contributed by atoms with Crippen molar-refractivity contribution in [3.8, 4) is 28.3 Å². The van der Waals surface area contributed by atoms with Gasteiger partial charge in [0.2, 0.25) is 0 Å². The van der Waals surface area contributed by atoms with Crippen LogP contribution in [0.3, 0.4) is 0 Å². The third-order valence-electron chi connectivity index (χ3n) is 6.03. The van der Waals surface area contributed by atoms with Gasteiger partial charge in [-0.25, -0.2) is 18.7 Å². The Balaban J connectivity index is 1.74. The second kappa shape index (κ2) is 9.13. The number of methoxy groups -OCH3 is 1. The summed E-state index contributed by atoms with van der Waals surface area (Å²) in [5.41, 5.74) is 1.70. The first-order valence-electron chi connectivity index (χ1n) is 11.1. The number of hydrogen-bond donors (Lipinski definition) is 1. The zero-order valence-electron chi connectivity index (χ0n) is 18.5. The van der Waals surface area contributed by atoms with Crippen molar-refractivity contribution in [2.45, 2.75) is 31.7 Å². The summed E-state index contributed by atoms with van der Waals surface area (Å²) >= 11 is 0. The van der Waals surface area contributed by atoms with Gasteiger partial charge in [-0.2, -0.15) is 0 Å². The Labute approximate surface area is 195 Å². The lowest BCUT2D eigenvalue weighted by Gasteiger charge is -2.23. The molecule has 1 aliphatic rings. The number of ether oxygens (including phenoxy) is 1. The monoisotopic (exact) mass is 460 g/mol. The first-order valence-corrected chi connectivity index (χ1v) is 11.1. The van der Waals surface area contributed by atoms with Gasteiger partial charge in [-0.1, -0.05) is 18.6 Å². The van der Waals surface area contributed by atoms with Crippen molar-refractivity contribution in [3.05, 3.63) is 66.5 Å². The van der Waals surface area contributed by atoms with E-state index in [9.17, 15) is 13.6 Å². The Kier molecular flexibility index (Phi) is 5.88. The van der Waals surface area contributed by atoms with Gasteiger partial charge < -0.3 is 10.1 Å². The van der Waals surface area contributed by atoms with Crippen LogP contribution in [-0.2, 0) is 4.79 Å². The summed E-state index contributed by atoms with van der Waals surface area (Å²) in [6, 6.07) is 10.6. The normalized spacial score (nSPS) is 16.0. The maximum atomic E-state index is 14.6. The molecule has 2 aromatic carbocycles. The summed E-state index contributed by atoms with van der Waals surface area (Å²) in [6.07, 6.45) is 6.33. The van der Waals surface area contributed by atoms with Crippen LogP contribution in [0, 0.1) is 11.6 Å². The van der Waals surface area contributed by atoms with Crippen molar-refractivity contribution in [2.75, 3.05) is 12.4 Å². The van der Waals surface area contributed by atoms with Gasteiger partial charge in [0.25, 0.3) is 0 Å². The summed E-state index contributed by atoms with van der Waals surface area (Å²) in [4.78, 5) is 26.1. The van der Waals surface area contributed by atoms with E-state index in [0.29, 0.717) is 52.3 Å². The van der Waals surface area contributed by atoms with Gasteiger partial charge in [0, 0.05) is 35.3 Å². The molecule has 6 nitrogen and oxygen atoms in total. The molecular formula is C26H22F2N4O2. The van der Waals surface area contributed by atoms with Crippen molar-refractivity contribution >= 4 is 22.5 Å². The Bertz CT molecular complexity index is 1380. The molecule has 1 N–H and O–H groups in total. The molecular weight excluding hydrogens is 438 g/mol. The SMILES string of the molecule is COc1cc(-c2cccc(F)c2F)cc2c(NC3CCCCC3=O)nc(-c3cccnc3)nc12. The van der Waals surface area contributed by atoms with Crippen LogP contribution in [0.2, 0.25) is 0 Å². The fraction of sp³-hybridized carbons (Fsp3) is 0.231. The number of anilines is 1. The van der Waals surface area contributed by atoms with E-state index in [0.717, 1.165) is 18.9 Å². The first-order chi connectivity index (χ1) is 16.5. The molecule has 0 aliphatic heterocycles. The van der Waals surface area contributed by atoms with Crippen LogP contribution in [0.4, 0.5) is 14.6 Å². The number of nitrogens with zero attached hydrogens (tertiary/aromatic N) is 3. The molecule has 5 rings (SSSR count). The molecule has 0 saturated heterocycles. The molecule has 0 bridgehead atoms. The van der Waals surface area contributed by atoms with Gasteiger partial charge in [0.15, 0.2) is 23.2 Å². The van der Waals surface area contributed by atoms with Crippen molar-refractivity contribution in [1.82, 2.24) is 15.0 Å². The second-order valence-electron chi connectivity index (χ2n) is 8.22. The van der Waals surface area contributed by atoms with Crippen molar-refractivity contribution < 1.29 is 18.3 Å². The maximum Gasteiger partial charge on any atom is 0.166 e. The van der Waals surface area contributed by atoms with Crippen LogP contribution in [0.25, 0.3) is 33.4 Å². The van der Waals surface area contributed by atoms with Crippen LogP contribution in [0.1, 0.15) is 25.7 Å². The maximum absolute atomic E-state index is 14.6. The largest absolute Gasteiger partial charge is 0.494 e. The molecule has 0 radical (unpaired) electrons. The highest BCUT2D eigenvalue weighted by Crippen LogP contribution is 2.37. The number of ketones is 1. The molecule has 34 heavy (non-hydrogen) atoms. The summed E-state index contributed by atoms with van der Waals surface area (Å²) < 4.78 is 34.2. The van der Waals surface area contributed by atoms with Gasteiger partial charge in [0.1, 0.15) is 17.1 Å². The van der Waals surface area contributed by atoms with Gasteiger partial charge in [0.05, 0.1) is 13.2 Å². The molecule has 1 unspecified atom stereocenters. The third kappa shape index (κ3) is 4.07. The van der Waals surface area contributed by atoms with Gasteiger partial charge in [-0.15, -0.1) is 0 Å². The number of aromatic nitrogens is 3. The summed E-state index contributed by atoms with van der Waals surface area (Å²) in [7, 11) is 1.49. The molecule has 1 atom stereocenters. The number of carbonyl (C=O) groups excluding carboxylic acids is 1. The molecule has 1 fully saturated rings. The van der Waals surface area contributed by atoms with E-state index in [4.69, 9.17) is 14.7 Å². The highest BCUT2D eigenvalue weighted by molar-refractivity contribution is 5.99. The van der Waals surface area contributed by atoms with Crippen molar-refractivity contribution in [2.24, 2.45) is 0 Å². The van der Waals surface area contributed by atoms with E-state index in [1.54, 1.807) is 30.6 Å². The fourth-order valence-corrected chi connectivity index (χ4v) is 4.27. The molecule has 1 saturated carbocycles. The Hall–Kier alpha value is -3.94. The minimum absolute atomic E-state index is 0.0937. The number of nitrogens with one attached hydrogen (secondary N) is 1. The average Bonchev–Trinajstić information content (AvgIpc) is 2.87. The number of benzene rings is 2. The van der Waals surface area contributed by atoms with E-state index in [1.807, 2.05) is 6.07 Å². The molecule has 0 spiro atoms. The molecule has 1 aliphatic carbocycles. The Morgan fingerprint density at radius 1 is 1.06 bits per heavy atom. The molecule has 4 aromatic rings. The van der Waals surface area contributed by atoms with Crippen LogP contribution < -0.4 is 10.1 Å². The third-order valence-corrected chi connectivity index (χ3v) is 6.03. The Morgan fingerprint density at radius 2 is 1.94 bits per heavy atom. The number of pyridine rings is 1. The van der Waals surface area contributed by atoms with Gasteiger partial charge >= 0.3 is 0 Å². The Morgan fingerprint density at radius 3 is 2.71 bits per heavy atom. The number of fused-ring (bicyclic) bond motifs is 1. The standard InChI is InChI=1S/C26H22F2N4O2/c1-34-22-13-16(17-7-4-8-19(27)23(17)28)12-18-24(22)31-25(15-6-5-11-29-14-15)32-26(18)30-20-9-2-3-10-21(20)33/h4-8,11-14,20H,2-3,9-10H2,1H3,(H,30,31,32). The van der Waals surface area contributed by atoms with Gasteiger partial charge in [-0.05, 0) is 48.7 Å². The predicted octanol–water partition coefficient (Wildman–Crippen LogP) is 5.57. The molecule has 172 valence electrons. The second-order valence-corrected chi connectivity index (χ2v) is 8.22. The lowest BCUT2D eigenvalue weighted by Crippen LogP contribution is -2.32. The lowest BCUT2D eigenvalue weighted by molar-refractivity contribution is -0.121. The minimum atomic E-state index is -0.950. The predicted molar refractivity (Wildman–Crippen MR) is 126 cm³/mol.